The van der Waals surface area contributed by atoms with E-state index in [9.17, 15) is 0 Å². The molecule has 6 aromatic carbocycles. The van der Waals surface area contributed by atoms with Gasteiger partial charge in [0.15, 0.2) is 0 Å². The van der Waals surface area contributed by atoms with Crippen molar-refractivity contribution >= 4 is 37.5 Å². The van der Waals surface area contributed by atoms with Crippen LogP contribution in [0.15, 0.2) is 120 Å². The van der Waals surface area contributed by atoms with Crippen LogP contribution in [0.25, 0.3) is 43.8 Å². The van der Waals surface area contributed by atoms with Crippen molar-refractivity contribution in [3.05, 3.63) is 142 Å². The Morgan fingerprint density at radius 3 is 2.03 bits per heavy atom. The SMILES string of the molecule is Brc1cccc2c1-c1ccccc1C21c2ccc3ccccc3c2-c2cccc3cccc1c23. The number of hydrogen-bond acceptors (Lipinski definition) is 0. The zero-order valence-electron chi connectivity index (χ0n) is 18.3. The monoisotopic (exact) mass is 494 g/mol. The predicted octanol–water partition coefficient (Wildman–Crippen LogP) is 9.10. The summed E-state index contributed by atoms with van der Waals surface area (Å²) in [7, 11) is 0. The second-order valence-electron chi connectivity index (χ2n) is 9.38. The van der Waals surface area contributed by atoms with Gasteiger partial charge in [-0.3, -0.25) is 0 Å². The first-order chi connectivity index (χ1) is 16.8. The molecule has 1 atom stereocenters. The van der Waals surface area contributed by atoms with Crippen molar-refractivity contribution in [2.45, 2.75) is 5.41 Å². The van der Waals surface area contributed by atoms with E-state index in [0.717, 1.165) is 4.47 Å². The summed E-state index contributed by atoms with van der Waals surface area (Å²) < 4.78 is 1.16. The number of benzene rings is 6. The highest BCUT2D eigenvalue weighted by Crippen LogP contribution is 2.63. The van der Waals surface area contributed by atoms with Crippen LogP contribution in [0.5, 0.6) is 0 Å². The van der Waals surface area contributed by atoms with Crippen molar-refractivity contribution in [2.24, 2.45) is 0 Å². The number of rotatable bonds is 0. The minimum Gasteiger partial charge on any atom is -0.0619 e. The molecule has 158 valence electrons. The Morgan fingerprint density at radius 2 is 1.09 bits per heavy atom. The van der Waals surface area contributed by atoms with Gasteiger partial charge < -0.3 is 0 Å². The molecule has 0 nitrogen and oxygen atoms in total. The first kappa shape index (κ1) is 18.7. The maximum Gasteiger partial charge on any atom is 0.0726 e. The Labute approximate surface area is 206 Å². The largest absolute Gasteiger partial charge is 0.0726 e. The zero-order valence-corrected chi connectivity index (χ0v) is 19.9. The Kier molecular flexibility index (Phi) is 3.56. The van der Waals surface area contributed by atoms with Crippen LogP contribution in [-0.4, -0.2) is 0 Å². The summed E-state index contributed by atoms with van der Waals surface area (Å²) in [6, 6.07) is 42.8. The summed E-state index contributed by atoms with van der Waals surface area (Å²) in [4.78, 5) is 0. The van der Waals surface area contributed by atoms with Crippen LogP contribution in [-0.2, 0) is 5.41 Å². The van der Waals surface area contributed by atoms with Crippen LogP contribution in [0.1, 0.15) is 22.3 Å². The van der Waals surface area contributed by atoms with Crippen LogP contribution in [0.3, 0.4) is 0 Å². The maximum absolute atomic E-state index is 3.92. The van der Waals surface area contributed by atoms with Gasteiger partial charge >= 0.3 is 0 Å². The highest BCUT2D eigenvalue weighted by atomic mass is 79.9. The minimum absolute atomic E-state index is 0.358. The standard InChI is InChI=1S/C33H19Br/c34-29-17-7-16-27-32(29)23-12-3-4-14-25(23)33(27)26-15-6-10-21-9-5-13-24(30(21)26)31-22-11-2-1-8-20(22)18-19-28(31)33/h1-19H. The van der Waals surface area contributed by atoms with E-state index in [1.807, 2.05) is 0 Å². The van der Waals surface area contributed by atoms with Gasteiger partial charge in [-0.2, -0.15) is 0 Å². The molecule has 0 N–H and O–H groups in total. The van der Waals surface area contributed by atoms with Gasteiger partial charge in [0.2, 0.25) is 0 Å². The molecule has 0 bridgehead atoms. The van der Waals surface area contributed by atoms with E-state index in [2.05, 4.69) is 131 Å². The molecule has 0 heterocycles. The van der Waals surface area contributed by atoms with E-state index in [4.69, 9.17) is 0 Å². The minimum atomic E-state index is -0.358. The van der Waals surface area contributed by atoms with Crippen LogP contribution < -0.4 is 0 Å². The number of halogens is 1. The van der Waals surface area contributed by atoms with Gasteiger partial charge in [0.25, 0.3) is 0 Å². The van der Waals surface area contributed by atoms with Crippen LogP contribution in [0.2, 0.25) is 0 Å². The van der Waals surface area contributed by atoms with E-state index < -0.39 is 0 Å². The fourth-order valence-electron chi connectivity index (χ4n) is 6.75. The number of fused-ring (bicyclic) bond motifs is 11. The van der Waals surface area contributed by atoms with Crippen LogP contribution >= 0.6 is 15.9 Å². The summed E-state index contributed by atoms with van der Waals surface area (Å²) in [5.74, 6) is 0. The highest BCUT2D eigenvalue weighted by molar-refractivity contribution is 9.10. The summed E-state index contributed by atoms with van der Waals surface area (Å²) in [5.41, 5.74) is 10.5. The molecule has 34 heavy (non-hydrogen) atoms. The first-order valence-electron chi connectivity index (χ1n) is 11.7. The molecule has 1 unspecified atom stereocenters. The molecule has 0 radical (unpaired) electrons. The van der Waals surface area contributed by atoms with Gasteiger partial charge in [0.05, 0.1) is 5.41 Å². The van der Waals surface area contributed by atoms with Gasteiger partial charge in [-0.15, -0.1) is 0 Å². The summed E-state index contributed by atoms with van der Waals surface area (Å²) >= 11 is 3.92. The lowest BCUT2D eigenvalue weighted by Gasteiger charge is -2.40. The van der Waals surface area contributed by atoms with Gasteiger partial charge in [-0.25, -0.2) is 0 Å². The fraction of sp³-hybridized carbons (Fsp3) is 0.0303. The second-order valence-corrected chi connectivity index (χ2v) is 10.2. The van der Waals surface area contributed by atoms with Gasteiger partial charge in [0.1, 0.15) is 0 Å². The molecule has 2 aliphatic carbocycles. The van der Waals surface area contributed by atoms with E-state index >= 15 is 0 Å². The second kappa shape index (κ2) is 6.46. The Morgan fingerprint density at radius 1 is 0.441 bits per heavy atom. The van der Waals surface area contributed by atoms with Crippen molar-refractivity contribution in [1.82, 2.24) is 0 Å². The molecule has 0 saturated heterocycles. The third-order valence-electron chi connectivity index (χ3n) is 7.93. The topological polar surface area (TPSA) is 0 Å². The average Bonchev–Trinajstić information content (AvgIpc) is 3.19. The Bertz CT molecular complexity index is 1820. The molecular weight excluding hydrogens is 476 g/mol. The van der Waals surface area contributed by atoms with Crippen LogP contribution in [0, 0.1) is 0 Å². The summed E-state index contributed by atoms with van der Waals surface area (Å²) in [6.45, 7) is 0. The molecule has 0 aliphatic heterocycles. The lowest BCUT2D eigenvalue weighted by molar-refractivity contribution is 0.775. The molecule has 8 rings (SSSR count). The van der Waals surface area contributed by atoms with Gasteiger partial charge in [-0.05, 0) is 66.6 Å². The predicted molar refractivity (Wildman–Crippen MR) is 145 cm³/mol. The molecule has 1 spiro atoms. The van der Waals surface area contributed by atoms with Crippen molar-refractivity contribution in [2.75, 3.05) is 0 Å². The third-order valence-corrected chi connectivity index (χ3v) is 8.59. The Balaban J connectivity index is 1.71. The van der Waals surface area contributed by atoms with E-state index in [0.29, 0.717) is 0 Å². The molecule has 0 fully saturated rings. The molecule has 2 aliphatic rings. The van der Waals surface area contributed by atoms with E-state index in [1.165, 1.54) is 66.1 Å². The van der Waals surface area contributed by atoms with Crippen molar-refractivity contribution in [3.8, 4) is 22.3 Å². The van der Waals surface area contributed by atoms with Crippen molar-refractivity contribution < 1.29 is 0 Å². The van der Waals surface area contributed by atoms with E-state index in [-0.39, 0.29) is 5.41 Å². The van der Waals surface area contributed by atoms with Gasteiger partial charge in [0, 0.05) is 10.0 Å². The lowest BCUT2D eigenvalue weighted by Crippen LogP contribution is -2.31. The smallest absolute Gasteiger partial charge is 0.0619 e. The van der Waals surface area contributed by atoms with Gasteiger partial charge in [-0.1, -0.05) is 125 Å². The maximum atomic E-state index is 3.92. The zero-order chi connectivity index (χ0) is 22.4. The quantitative estimate of drug-likeness (QED) is 0.197. The lowest BCUT2D eigenvalue weighted by atomic mass is 9.61. The average molecular weight is 495 g/mol. The Hall–Kier alpha value is -3.68. The highest BCUT2D eigenvalue weighted by Gasteiger charge is 2.50. The summed E-state index contributed by atoms with van der Waals surface area (Å²) in [5, 5.41) is 5.28. The third kappa shape index (κ3) is 2.06. The van der Waals surface area contributed by atoms with Crippen molar-refractivity contribution in [3.63, 3.8) is 0 Å². The molecule has 0 aromatic heterocycles. The van der Waals surface area contributed by atoms with E-state index in [1.54, 1.807) is 0 Å². The van der Waals surface area contributed by atoms with Crippen molar-refractivity contribution in [1.29, 1.82) is 0 Å². The fourth-order valence-corrected chi connectivity index (χ4v) is 7.32. The molecule has 6 aromatic rings. The molecular formula is C33H19Br. The molecule has 0 amide bonds. The molecule has 0 saturated carbocycles. The number of hydrogen-bond donors (Lipinski definition) is 0. The normalized spacial score (nSPS) is 17.1. The van der Waals surface area contributed by atoms with Crippen LogP contribution in [0.4, 0.5) is 0 Å². The first-order valence-corrected chi connectivity index (χ1v) is 12.5. The summed E-state index contributed by atoms with van der Waals surface area (Å²) in [6.07, 6.45) is 0. The molecule has 1 heteroatoms.